The number of carboxylic acid groups (broad SMARTS) is 1. The number of carboxylic acids is 1. The predicted octanol–water partition coefficient (Wildman–Crippen LogP) is 0.860. The number of benzene rings is 1. The Labute approximate surface area is 129 Å². The Morgan fingerprint density at radius 1 is 1.41 bits per heavy atom. The zero-order valence-electron chi connectivity index (χ0n) is 12.4. The molecule has 120 valence electrons. The van der Waals surface area contributed by atoms with Gasteiger partial charge in [0.05, 0.1) is 18.9 Å². The molecule has 1 aliphatic rings. The van der Waals surface area contributed by atoms with Crippen molar-refractivity contribution in [3.8, 4) is 0 Å². The predicted molar refractivity (Wildman–Crippen MR) is 82.6 cm³/mol. The Morgan fingerprint density at radius 2 is 2.23 bits per heavy atom. The van der Waals surface area contributed by atoms with E-state index < -0.39 is 11.9 Å². The minimum atomic E-state index is -0.775. The van der Waals surface area contributed by atoms with Crippen LogP contribution in [0, 0.1) is 11.8 Å². The van der Waals surface area contributed by atoms with E-state index >= 15 is 0 Å². The fourth-order valence-electron chi connectivity index (χ4n) is 2.83. The van der Waals surface area contributed by atoms with E-state index in [0.29, 0.717) is 12.1 Å². The van der Waals surface area contributed by atoms with E-state index in [0.717, 1.165) is 25.1 Å². The Kier molecular flexibility index (Phi) is 5.91. The number of anilines is 1. The minimum absolute atomic E-state index is 0.0513. The summed E-state index contributed by atoms with van der Waals surface area (Å²) in [7, 11) is 0. The lowest BCUT2D eigenvalue weighted by atomic mass is 9.86. The molecule has 0 unspecified atom stereocenters. The van der Waals surface area contributed by atoms with Crippen LogP contribution in [-0.2, 0) is 16.0 Å². The van der Waals surface area contributed by atoms with Crippen molar-refractivity contribution in [1.29, 1.82) is 0 Å². The van der Waals surface area contributed by atoms with Crippen molar-refractivity contribution in [2.45, 2.75) is 19.3 Å². The van der Waals surface area contributed by atoms with Crippen LogP contribution >= 0.6 is 0 Å². The van der Waals surface area contributed by atoms with E-state index in [1.165, 1.54) is 0 Å². The van der Waals surface area contributed by atoms with Crippen molar-refractivity contribution in [1.82, 2.24) is 5.32 Å². The molecule has 2 rings (SSSR count). The molecule has 0 spiro atoms. The average molecular weight is 306 g/mol. The number of aliphatic carboxylic acids is 1. The van der Waals surface area contributed by atoms with Gasteiger partial charge in [0.1, 0.15) is 0 Å². The zero-order chi connectivity index (χ0) is 15.9. The highest BCUT2D eigenvalue weighted by Gasteiger charge is 2.30. The van der Waals surface area contributed by atoms with Crippen molar-refractivity contribution in [3.63, 3.8) is 0 Å². The number of aliphatic hydroxyl groups excluding tert-OH is 1. The molecule has 1 amide bonds. The highest BCUT2D eigenvalue weighted by molar-refractivity contribution is 5.90. The lowest BCUT2D eigenvalue weighted by molar-refractivity contribution is -0.143. The van der Waals surface area contributed by atoms with E-state index in [9.17, 15) is 14.7 Å². The van der Waals surface area contributed by atoms with Gasteiger partial charge >= 0.3 is 5.97 Å². The summed E-state index contributed by atoms with van der Waals surface area (Å²) in [5, 5.41) is 24.1. The number of hydrogen-bond donors (Lipinski definition) is 4. The molecule has 2 atom stereocenters. The standard InChI is InChI=1S/C16H22N2O4/c19-7-5-15(20)18-13-3-1-2-11(8-13)9-14(16(21)22)12-4-6-17-10-12/h1-3,8,12,14,17,19H,4-7,9-10H2,(H,18,20)(H,21,22)/t12-,14-/m0/s1. The largest absolute Gasteiger partial charge is 0.481 e. The molecule has 1 heterocycles. The van der Waals surface area contributed by atoms with Gasteiger partial charge in [-0.05, 0) is 49.5 Å². The quantitative estimate of drug-likeness (QED) is 0.599. The third-order valence-electron chi connectivity index (χ3n) is 3.99. The van der Waals surface area contributed by atoms with E-state index in [-0.39, 0.29) is 24.9 Å². The molecule has 0 saturated carbocycles. The van der Waals surface area contributed by atoms with Crippen LogP contribution in [-0.4, -0.2) is 41.8 Å². The van der Waals surface area contributed by atoms with Crippen LogP contribution in [0.4, 0.5) is 5.69 Å². The van der Waals surface area contributed by atoms with E-state index in [1.54, 1.807) is 18.2 Å². The molecule has 1 fully saturated rings. The van der Waals surface area contributed by atoms with Crippen molar-refractivity contribution < 1.29 is 19.8 Å². The van der Waals surface area contributed by atoms with Crippen molar-refractivity contribution in [2.24, 2.45) is 11.8 Å². The number of nitrogens with one attached hydrogen (secondary N) is 2. The van der Waals surface area contributed by atoms with Gasteiger partial charge in [-0.2, -0.15) is 0 Å². The smallest absolute Gasteiger partial charge is 0.307 e. The first-order valence-electron chi connectivity index (χ1n) is 7.53. The maximum absolute atomic E-state index is 11.5. The second-order valence-electron chi connectivity index (χ2n) is 5.62. The topological polar surface area (TPSA) is 98.7 Å². The molecule has 6 heteroatoms. The SMILES string of the molecule is O=C(CCO)Nc1cccc(C[C@H](C(=O)O)[C@H]2CCNC2)c1. The van der Waals surface area contributed by atoms with E-state index in [4.69, 9.17) is 5.11 Å². The molecule has 1 aromatic rings. The molecular formula is C16H22N2O4. The fourth-order valence-corrected chi connectivity index (χ4v) is 2.83. The molecule has 22 heavy (non-hydrogen) atoms. The molecule has 1 aromatic carbocycles. The first-order chi connectivity index (χ1) is 10.6. The Morgan fingerprint density at radius 3 is 2.86 bits per heavy atom. The number of rotatable bonds is 7. The third-order valence-corrected chi connectivity index (χ3v) is 3.99. The number of carbonyl (C=O) groups is 2. The summed E-state index contributed by atoms with van der Waals surface area (Å²) in [6, 6.07) is 7.23. The molecule has 6 nitrogen and oxygen atoms in total. The van der Waals surface area contributed by atoms with Gasteiger partial charge in [-0.15, -0.1) is 0 Å². The van der Waals surface area contributed by atoms with Crippen LogP contribution in [0.1, 0.15) is 18.4 Å². The lowest BCUT2D eigenvalue weighted by Crippen LogP contribution is -2.27. The van der Waals surface area contributed by atoms with E-state index in [1.807, 2.05) is 6.07 Å². The van der Waals surface area contributed by atoms with Gasteiger partial charge in [-0.25, -0.2) is 0 Å². The van der Waals surface area contributed by atoms with Crippen molar-refractivity contribution in [2.75, 3.05) is 25.0 Å². The Bertz CT molecular complexity index is 527. The lowest BCUT2D eigenvalue weighted by Gasteiger charge is -2.19. The second kappa shape index (κ2) is 7.91. The van der Waals surface area contributed by atoms with Gasteiger partial charge in [-0.3, -0.25) is 9.59 Å². The highest BCUT2D eigenvalue weighted by Crippen LogP contribution is 2.24. The number of hydrogen-bond acceptors (Lipinski definition) is 4. The third kappa shape index (κ3) is 4.54. The normalized spacial score (nSPS) is 18.9. The zero-order valence-corrected chi connectivity index (χ0v) is 12.4. The van der Waals surface area contributed by atoms with Crippen LogP contribution in [0.5, 0.6) is 0 Å². The van der Waals surface area contributed by atoms with Crippen LogP contribution in [0.15, 0.2) is 24.3 Å². The van der Waals surface area contributed by atoms with Crippen molar-refractivity contribution >= 4 is 17.6 Å². The van der Waals surface area contributed by atoms with Crippen molar-refractivity contribution in [3.05, 3.63) is 29.8 Å². The fraction of sp³-hybridized carbons (Fsp3) is 0.500. The first kappa shape index (κ1) is 16.5. The van der Waals surface area contributed by atoms with Gasteiger partial charge in [0.15, 0.2) is 0 Å². The summed E-state index contributed by atoms with van der Waals surface area (Å²) in [6.45, 7) is 1.41. The molecule has 0 bridgehead atoms. The van der Waals surface area contributed by atoms with Gasteiger partial charge in [0, 0.05) is 5.69 Å². The second-order valence-corrected chi connectivity index (χ2v) is 5.62. The summed E-state index contributed by atoms with van der Waals surface area (Å²) in [4.78, 5) is 23.0. The Balaban J connectivity index is 2.04. The molecule has 0 aromatic heterocycles. The van der Waals surface area contributed by atoms with Crippen LogP contribution in [0.25, 0.3) is 0 Å². The minimum Gasteiger partial charge on any atom is -0.481 e. The van der Waals surface area contributed by atoms with Gasteiger partial charge < -0.3 is 20.8 Å². The average Bonchev–Trinajstić information content (AvgIpc) is 2.99. The summed E-state index contributed by atoms with van der Waals surface area (Å²) < 4.78 is 0. The Hall–Kier alpha value is -1.92. The van der Waals surface area contributed by atoms with Crippen LogP contribution < -0.4 is 10.6 Å². The summed E-state index contributed by atoms with van der Waals surface area (Å²) in [5.41, 5.74) is 1.52. The van der Waals surface area contributed by atoms with Gasteiger partial charge in [0.2, 0.25) is 5.91 Å². The number of amides is 1. The number of carbonyl (C=O) groups excluding carboxylic acids is 1. The maximum Gasteiger partial charge on any atom is 0.307 e. The van der Waals surface area contributed by atoms with Gasteiger partial charge in [0.25, 0.3) is 0 Å². The molecule has 0 radical (unpaired) electrons. The molecule has 1 saturated heterocycles. The molecule has 0 aliphatic carbocycles. The number of aliphatic hydroxyl groups is 1. The molecular weight excluding hydrogens is 284 g/mol. The summed E-state index contributed by atoms with van der Waals surface area (Å²) in [6.07, 6.45) is 1.38. The van der Waals surface area contributed by atoms with E-state index in [2.05, 4.69) is 10.6 Å². The molecule has 1 aliphatic heterocycles. The summed E-state index contributed by atoms with van der Waals surface area (Å²) >= 11 is 0. The van der Waals surface area contributed by atoms with Crippen LogP contribution in [0.3, 0.4) is 0 Å². The highest BCUT2D eigenvalue weighted by atomic mass is 16.4. The maximum atomic E-state index is 11.5. The summed E-state index contributed by atoms with van der Waals surface area (Å²) in [5.74, 6) is -1.30. The van der Waals surface area contributed by atoms with Gasteiger partial charge in [-0.1, -0.05) is 12.1 Å². The molecule has 4 N–H and O–H groups in total. The monoisotopic (exact) mass is 306 g/mol. The first-order valence-corrected chi connectivity index (χ1v) is 7.53. The van der Waals surface area contributed by atoms with Crippen LogP contribution in [0.2, 0.25) is 0 Å².